The summed E-state index contributed by atoms with van der Waals surface area (Å²) in [5.41, 5.74) is 5.22. The number of aryl methyl sites for hydroxylation is 1. The number of nitrogens with zero attached hydrogens (tertiary/aromatic N) is 2. The van der Waals surface area contributed by atoms with Gasteiger partial charge in [0.1, 0.15) is 0 Å². The number of rotatable bonds is 8. The van der Waals surface area contributed by atoms with Crippen LogP contribution in [0, 0.1) is 0 Å². The lowest BCUT2D eigenvalue weighted by Gasteiger charge is -2.17. The summed E-state index contributed by atoms with van der Waals surface area (Å²) in [6.45, 7) is 5.07. The van der Waals surface area contributed by atoms with Crippen LogP contribution >= 0.6 is 0 Å². The molecule has 2 aromatic rings. The smallest absolute Gasteiger partial charge is 0.0719 e. The molecular formula is C16H26N4O. The van der Waals surface area contributed by atoms with Crippen LogP contribution in [0.1, 0.15) is 32.4 Å². The lowest BCUT2D eigenvalue weighted by Crippen LogP contribution is -2.37. The topological polar surface area (TPSA) is 65.1 Å². The minimum atomic E-state index is 0.214. The number of ether oxygens (including phenoxy) is 1. The second-order valence-electron chi connectivity index (χ2n) is 5.47. The van der Waals surface area contributed by atoms with E-state index in [1.165, 1.54) is 10.9 Å². The number of aromatic nitrogens is 2. The third-order valence-electron chi connectivity index (χ3n) is 4.03. The van der Waals surface area contributed by atoms with Gasteiger partial charge in [0, 0.05) is 31.5 Å². The lowest BCUT2D eigenvalue weighted by molar-refractivity contribution is 0.106. The van der Waals surface area contributed by atoms with Gasteiger partial charge in [-0.25, -0.2) is 0 Å². The number of hydrogen-bond acceptors (Lipinski definition) is 4. The largest absolute Gasteiger partial charge is 0.382 e. The summed E-state index contributed by atoms with van der Waals surface area (Å²) in [4.78, 5) is 0. The van der Waals surface area contributed by atoms with E-state index in [-0.39, 0.29) is 12.1 Å². The first-order valence-corrected chi connectivity index (χ1v) is 7.62. The van der Waals surface area contributed by atoms with Crippen LogP contribution in [0.25, 0.3) is 10.9 Å². The molecule has 0 fully saturated rings. The molecule has 5 heteroatoms. The summed E-state index contributed by atoms with van der Waals surface area (Å²) < 4.78 is 7.35. The van der Waals surface area contributed by atoms with E-state index >= 15 is 0 Å². The van der Waals surface area contributed by atoms with Gasteiger partial charge in [0.05, 0.1) is 17.3 Å². The van der Waals surface area contributed by atoms with Crippen molar-refractivity contribution in [2.75, 3.05) is 7.11 Å². The van der Waals surface area contributed by atoms with E-state index in [9.17, 15) is 0 Å². The molecular weight excluding hydrogens is 264 g/mol. The average molecular weight is 290 g/mol. The standard InChI is InChI=1S/C16H26N4O/c1-4-20-16-8-6-5-7-14(16)15(19-20)11-13(18-17)10-9-12(2)21-3/h5-8,12-13,18H,4,9-11,17H2,1-3H3. The zero-order chi connectivity index (χ0) is 15.2. The molecule has 1 aromatic heterocycles. The Labute approximate surface area is 126 Å². The summed E-state index contributed by atoms with van der Waals surface area (Å²) in [5, 5.41) is 5.95. The van der Waals surface area contributed by atoms with Crippen LogP contribution in [0.15, 0.2) is 24.3 Å². The summed E-state index contributed by atoms with van der Waals surface area (Å²) in [6.07, 6.45) is 3.04. The van der Waals surface area contributed by atoms with Gasteiger partial charge in [-0.05, 0) is 32.8 Å². The van der Waals surface area contributed by atoms with Crippen molar-refractivity contribution in [3.05, 3.63) is 30.0 Å². The van der Waals surface area contributed by atoms with Gasteiger partial charge in [0.25, 0.3) is 0 Å². The number of methoxy groups -OCH3 is 1. The molecule has 0 aliphatic rings. The highest BCUT2D eigenvalue weighted by atomic mass is 16.5. The van der Waals surface area contributed by atoms with Crippen molar-refractivity contribution in [3.63, 3.8) is 0 Å². The van der Waals surface area contributed by atoms with E-state index in [2.05, 4.69) is 48.2 Å². The molecule has 116 valence electrons. The molecule has 3 N–H and O–H groups in total. The van der Waals surface area contributed by atoms with Crippen molar-refractivity contribution in [3.8, 4) is 0 Å². The third-order valence-corrected chi connectivity index (χ3v) is 4.03. The van der Waals surface area contributed by atoms with Crippen molar-refractivity contribution in [1.29, 1.82) is 0 Å². The van der Waals surface area contributed by atoms with Crippen molar-refractivity contribution in [2.24, 2.45) is 5.84 Å². The maximum Gasteiger partial charge on any atom is 0.0719 e. The Bertz CT molecular complexity index is 566. The van der Waals surface area contributed by atoms with Gasteiger partial charge in [-0.2, -0.15) is 5.10 Å². The van der Waals surface area contributed by atoms with Gasteiger partial charge in [0.2, 0.25) is 0 Å². The maximum atomic E-state index is 5.71. The van der Waals surface area contributed by atoms with Gasteiger partial charge in [0.15, 0.2) is 0 Å². The molecule has 2 unspecified atom stereocenters. The molecule has 0 radical (unpaired) electrons. The monoisotopic (exact) mass is 290 g/mol. The number of para-hydroxylation sites is 1. The van der Waals surface area contributed by atoms with Crippen LogP contribution in [-0.4, -0.2) is 29.0 Å². The highest BCUT2D eigenvalue weighted by Crippen LogP contribution is 2.20. The molecule has 0 aliphatic heterocycles. The fraction of sp³-hybridized carbons (Fsp3) is 0.562. The molecule has 0 saturated heterocycles. The highest BCUT2D eigenvalue weighted by molar-refractivity contribution is 5.82. The molecule has 0 saturated carbocycles. The van der Waals surface area contributed by atoms with Crippen LogP contribution in [-0.2, 0) is 17.7 Å². The molecule has 2 rings (SSSR count). The van der Waals surface area contributed by atoms with Gasteiger partial charge >= 0.3 is 0 Å². The third kappa shape index (κ3) is 3.81. The number of nitrogens with two attached hydrogens (primary N) is 1. The van der Waals surface area contributed by atoms with E-state index in [4.69, 9.17) is 15.7 Å². The summed E-state index contributed by atoms with van der Waals surface area (Å²) in [7, 11) is 1.74. The van der Waals surface area contributed by atoms with E-state index in [0.29, 0.717) is 0 Å². The Kier molecular flexibility index (Phi) is 5.73. The number of benzene rings is 1. The van der Waals surface area contributed by atoms with Crippen LogP contribution in [0.4, 0.5) is 0 Å². The predicted molar refractivity (Wildman–Crippen MR) is 85.9 cm³/mol. The summed E-state index contributed by atoms with van der Waals surface area (Å²) in [5.74, 6) is 5.71. The average Bonchev–Trinajstić information content (AvgIpc) is 2.89. The number of hydrogen-bond donors (Lipinski definition) is 2. The Hall–Kier alpha value is -1.43. The highest BCUT2D eigenvalue weighted by Gasteiger charge is 2.15. The van der Waals surface area contributed by atoms with E-state index < -0.39 is 0 Å². The van der Waals surface area contributed by atoms with Crippen LogP contribution in [0.5, 0.6) is 0 Å². The Morgan fingerprint density at radius 2 is 2.10 bits per heavy atom. The molecule has 21 heavy (non-hydrogen) atoms. The van der Waals surface area contributed by atoms with Crippen LogP contribution in [0.3, 0.4) is 0 Å². The van der Waals surface area contributed by atoms with Gasteiger partial charge in [-0.15, -0.1) is 0 Å². The van der Waals surface area contributed by atoms with Crippen LogP contribution in [0.2, 0.25) is 0 Å². The molecule has 0 spiro atoms. The van der Waals surface area contributed by atoms with Gasteiger partial charge in [-0.3, -0.25) is 16.0 Å². The first-order chi connectivity index (χ1) is 10.2. The van der Waals surface area contributed by atoms with Crippen molar-refractivity contribution >= 4 is 10.9 Å². The fourth-order valence-electron chi connectivity index (χ4n) is 2.62. The predicted octanol–water partition coefficient (Wildman–Crippen LogP) is 2.25. The molecule has 0 bridgehead atoms. The fourth-order valence-corrected chi connectivity index (χ4v) is 2.62. The molecule has 0 aliphatic carbocycles. The Balaban J connectivity index is 2.14. The normalized spacial score (nSPS) is 14.5. The maximum absolute atomic E-state index is 5.71. The quantitative estimate of drug-likeness (QED) is 0.578. The molecule has 0 amide bonds. The van der Waals surface area contributed by atoms with Crippen molar-refractivity contribution in [2.45, 2.75) is 51.8 Å². The molecule has 5 nitrogen and oxygen atoms in total. The van der Waals surface area contributed by atoms with Crippen molar-refractivity contribution < 1.29 is 4.74 Å². The van der Waals surface area contributed by atoms with E-state index in [1.807, 2.05) is 0 Å². The van der Waals surface area contributed by atoms with E-state index in [0.717, 1.165) is 31.5 Å². The summed E-state index contributed by atoms with van der Waals surface area (Å²) >= 11 is 0. The minimum Gasteiger partial charge on any atom is -0.382 e. The first-order valence-electron chi connectivity index (χ1n) is 7.62. The Morgan fingerprint density at radius 1 is 1.33 bits per heavy atom. The van der Waals surface area contributed by atoms with Gasteiger partial charge in [-0.1, -0.05) is 18.2 Å². The lowest BCUT2D eigenvalue weighted by atomic mass is 10.0. The summed E-state index contributed by atoms with van der Waals surface area (Å²) in [6, 6.07) is 8.58. The number of hydrazine groups is 1. The first kappa shape index (κ1) is 15.9. The second kappa shape index (κ2) is 7.54. The zero-order valence-electron chi connectivity index (χ0n) is 13.2. The SMILES string of the molecule is CCn1nc(CC(CCC(C)OC)NN)c2ccccc21. The minimum absolute atomic E-state index is 0.214. The number of fused-ring (bicyclic) bond motifs is 1. The number of nitrogens with one attached hydrogen (secondary N) is 1. The Morgan fingerprint density at radius 3 is 2.76 bits per heavy atom. The van der Waals surface area contributed by atoms with E-state index in [1.54, 1.807) is 7.11 Å². The second-order valence-corrected chi connectivity index (χ2v) is 5.47. The molecule has 2 atom stereocenters. The van der Waals surface area contributed by atoms with Gasteiger partial charge < -0.3 is 4.74 Å². The molecule has 1 heterocycles. The van der Waals surface area contributed by atoms with Crippen LogP contribution < -0.4 is 11.3 Å². The van der Waals surface area contributed by atoms with Crippen molar-refractivity contribution in [1.82, 2.24) is 15.2 Å². The molecule has 1 aromatic carbocycles. The zero-order valence-corrected chi connectivity index (χ0v) is 13.2.